The summed E-state index contributed by atoms with van der Waals surface area (Å²) in [7, 11) is 0. The lowest BCUT2D eigenvalue weighted by atomic mass is 10.1. The van der Waals surface area contributed by atoms with Crippen LogP contribution in [0.5, 0.6) is 0 Å². The van der Waals surface area contributed by atoms with Gasteiger partial charge in [0, 0.05) is 15.5 Å². The van der Waals surface area contributed by atoms with Gasteiger partial charge >= 0.3 is 0 Å². The first-order chi connectivity index (χ1) is 8.08. The van der Waals surface area contributed by atoms with E-state index in [1.54, 1.807) is 11.8 Å². The van der Waals surface area contributed by atoms with E-state index in [2.05, 4.69) is 45.0 Å². The highest BCUT2D eigenvalue weighted by molar-refractivity contribution is 7.99. The second-order valence-corrected chi connectivity index (χ2v) is 5.43. The van der Waals surface area contributed by atoms with Gasteiger partial charge in [0.2, 0.25) is 0 Å². The molecule has 0 heterocycles. The van der Waals surface area contributed by atoms with E-state index < -0.39 is 0 Å². The fraction of sp³-hybridized carbons (Fsp3) is 0.200. The minimum absolute atomic E-state index is 0.855. The van der Waals surface area contributed by atoms with Crippen molar-refractivity contribution < 1.29 is 0 Å². The minimum Gasteiger partial charge on any atom is -0.398 e. The third kappa shape index (κ3) is 2.64. The number of hydrogen-bond acceptors (Lipinski definition) is 2. The van der Waals surface area contributed by atoms with E-state index in [-0.39, 0.29) is 0 Å². The van der Waals surface area contributed by atoms with Gasteiger partial charge in [0.05, 0.1) is 0 Å². The summed E-state index contributed by atoms with van der Waals surface area (Å²) in [5, 5.41) is 0. The molecule has 1 nitrogen and oxygen atoms in total. The van der Waals surface area contributed by atoms with E-state index in [1.807, 2.05) is 12.1 Å². The maximum Gasteiger partial charge on any atom is 0.0458 e. The lowest BCUT2D eigenvalue weighted by Gasteiger charge is -2.10. The van der Waals surface area contributed by atoms with Crippen LogP contribution in [0.3, 0.4) is 0 Å². The Morgan fingerprint density at radius 2 is 1.65 bits per heavy atom. The molecule has 17 heavy (non-hydrogen) atoms. The fourth-order valence-electron chi connectivity index (χ4n) is 1.71. The number of nitrogen functional groups attached to an aromatic ring is 1. The zero-order chi connectivity index (χ0) is 12.4. The molecule has 0 aliphatic rings. The van der Waals surface area contributed by atoms with Crippen molar-refractivity contribution >= 4 is 17.4 Å². The molecule has 0 aliphatic carbocycles. The van der Waals surface area contributed by atoms with Crippen molar-refractivity contribution in [2.75, 3.05) is 5.73 Å². The maximum absolute atomic E-state index is 6.02. The SMILES string of the molecule is Cc1ccc(Sc2c(C)cccc2N)cc1C. The van der Waals surface area contributed by atoms with Crippen molar-refractivity contribution in [3.63, 3.8) is 0 Å². The third-order valence-electron chi connectivity index (χ3n) is 2.94. The van der Waals surface area contributed by atoms with E-state index in [9.17, 15) is 0 Å². The standard InChI is InChI=1S/C15H17NS/c1-10-7-8-13(9-12(10)3)17-15-11(2)5-4-6-14(15)16/h4-9H,16H2,1-3H3. The largest absolute Gasteiger partial charge is 0.398 e. The Labute approximate surface area is 107 Å². The first-order valence-electron chi connectivity index (χ1n) is 5.68. The van der Waals surface area contributed by atoms with Crippen LogP contribution >= 0.6 is 11.8 Å². The number of hydrogen-bond donors (Lipinski definition) is 1. The molecule has 0 saturated carbocycles. The molecule has 0 bridgehead atoms. The van der Waals surface area contributed by atoms with Crippen LogP contribution in [0.25, 0.3) is 0 Å². The van der Waals surface area contributed by atoms with Crippen LogP contribution in [-0.2, 0) is 0 Å². The van der Waals surface area contributed by atoms with E-state index >= 15 is 0 Å². The zero-order valence-corrected chi connectivity index (χ0v) is 11.3. The highest BCUT2D eigenvalue weighted by atomic mass is 32.2. The molecule has 2 aromatic carbocycles. The Balaban J connectivity index is 2.35. The molecule has 0 fully saturated rings. The molecule has 0 aromatic heterocycles. The van der Waals surface area contributed by atoms with Gasteiger partial charge in [-0.05, 0) is 55.7 Å². The molecule has 0 spiro atoms. The van der Waals surface area contributed by atoms with E-state index in [4.69, 9.17) is 5.73 Å². The quantitative estimate of drug-likeness (QED) is 0.794. The molecule has 0 amide bonds. The molecule has 2 N–H and O–H groups in total. The van der Waals surface area contributed by atoms with Gasteiger partial charge in [-0.3, -0.25) is 0 Å². The lowest BCUT2D eigenvalue weighted by Crippen LogP contribution is -1.91. The molecule has 0 saturated heterocycles. The predicted molar refractivity (Wildman–Crippen MR) is 75.6 cm³/mol. The Morgan fingerprint density at radius 3 is 2.29 bits per heavy atom. The molecule has 0 aliphatic heterocycles. The van der Waals surface area contributed by atoms with Crippen molar-refractivity contribution in [1.82, 2.24) is 0 Å². The number of rotatable bonds is 2. The first kappa shape index (κ1) is 12.1. The monoisotopic (exact) mass is 243 g/mol. The third-order valence-corrected chi connectivity index (χ3v) is 4.19. The first-order valence-corrected chi connectivity index (χ1v) is 6.50. The number of anilines is 1. The summed E-state index contributed by atoms with van der Waals surface area (Å²) in [6.07, 6.45) is 0. The number of benzene rings is 2. The highest BCUT2D eigenvalue weighted by Crippen LogP contribution is 2.35. The van der Waals surface area contributed by atoms with Gasteiger partial charge in [0.25, 0.3) is 0 Å². The normalized spacial score (nSPS) is 10.5. The average molecular weight is 243 g/mol. The van der Waals surface area contributed by atoms with Crippen LogP contribution in [0.2, 0.25) is 0 Å². The van der Waals surface area contributed by atoms with Gasteiger partial charge in [-0.2, -0.15) is 0 Å². The van der Waals surface area contributed by atoms with Crippen LogP contribution in [0, 0.1) is 20.8 Å². The fourth-order valence-corrected chi connectivity index (χ4v) is 2.73. The minimum atomic E-state index is 0.855. The average Bonchev–Trinajstić information content (AvgIpc) is 2.28. The molecular weight excluding hydrogens is 226 g/mol. The summed E-state index contributed by atoms with van der Waals surface area (Å²) in [5.74, 6) is 0. The molecule has 88 valence electrons. The van der Waals surface area contributed by atoms with Gasteiger partial charge in [0.1, 0.15) is 0 Å². The van der Waals surface area contributed by atoms with Crippen LogP contribution in [-0.4, -0.2) is 0 Å². The van der Waals surface area contributed by atoms with Crippen molar-refractivity contribution in [3.05, 3.63) is 53.1 Å². The number of aryl methyl sites for hydroxylation is 3. The van der Waals surface area contributed by atoms with E-state index in [0.29, 0.717) is 0 Å². The second-order valence-electron chi connectivity index (χ2n) is 4.34. The van der Waals surface area contributed by atoms with Crippen molar-refractivity contribution in [3.8, 4) is 0 Å². The molecule has 0 radical (unpaired) electrons. The molecule has 2 heteroatoms. The molecule has 0 unspecified atom stereocenters. The summed E-state index contributed by atoms with van der Waals surface area (Å²) in [6.45, 7) is 6.37. The summed E-state index contributed by atoms with van der Waals surface area (Å²) in [5.41, 5.74) is 10.7. The Kier molecular flexibility index (Phi) is 3.43. The lowest BCUT2D eigenvalue weighted by molar-refractivity contribution is 1.26. The van der Waals surface area contributed by atoms with Crippen LogP contribution in [0.1, 0.15) is 16.7 Å². The molecule has 0 atom stereocenters. The highest BCUT2D eigenvalue weighted by Gasteiger charge is 2.05. The van der Waals surface area contributed by atoms with Crippen LogP contribution < -0.4 is 5.73 Å². The van der Waals surface area contributed by atoms with Gasteiger partial charge in [0.15, 0.2) is 0 Å². The smallest absolute Gasteiger partial charge is 0.0458 e. The maximum atomic E-state index is 6.02. The van der Waals surface area contributed by atoms with Gasteiger partial charge in [-0.1, -0.05) is 30.0 Å². The summed E-state index contributed by atoms with van der Waals surface area (Å²) in [6, 6.07) is 12.6. The number of nitrogens with two attached hydrogens (primary N) is 1. The summed E-state index contributed by atoms with van der Waals surface area (Å²) < 4.78 is 0. The second kappa shape index (κ2) is 4.84. The van der Waals surface area contributed by atoms with Crippen molar-refractivity contribution in [2.45, 2.75) is 30.6 Å². The van der Waals surface area contributed by atoms with E-state index in [1.165, 1.54) is 21.6 Å². The topological polar surface area (TPSA) is 26.0 Å². The van der Waals surface area contributed by atoms with Crippen LogP contribution in [0.15, 0.2) is 46.2 Å². The summed E-state index contributed by atoms with van der Waals surface area (Å²) in [4.78, 5) is 2.41. The Bertz CT molecular complexity index is 526. The van der Waals surface area contributed by atoms with E-state index in [0.717, 1.165) is 10.6 Å². The predicted octanol–water partition coefficient (Wildman–Crippen LogP) is 4.35. The molecular formula is C15H17NS. The zero-order valence-electron chi connectivity index (χ0n) is 10.4. The van der Waals surface area contributed by atoms with Crippen molar-refractivity contribution in [1.29, 1.82) is 0 Å². The Morgan fingerprint density at radius 1 is 0.882 bits per heavy atom. The van der Waals surface area contributed by atoms with Gasteiger partial charge < -0.3 is 5.73 Å². The van der Waals surface area contributed by atoms with Gasteiger partial charge in [-0.15, -0.1) is 0 Å². The summed E-state index contributed by atoms with van der Waals surface area (Å²) >= 11 is 1.74. The van der Waals surface area contributed by atoms with Gasteiger partial charge in [-0.25, -0.2) is 0 Å². The van der Waals surface area contributed by atoms with Crippen LogP contribution in [0.4, 0.5) is 5.69 Å². The van der Waals surface area contributed by atoms with Crippen molar-refractivity contribution in [2.24, 2.45) is 0 Å². The molecule has 2 aromatic rings. The molecule has 2 rings (SSSR count). The Hall–Kier alpha value is -1.41.